The first-order valence-electron chi connectivity index (χ1n) is 5.34. The molecule has 0 heterocycles. The average Bonchev–Trinajstić information content (AvgIpc) is 2.26. The first kappa shape index (κ1) is 13.2. The molecule has 0 aliphatic heterocycles. The number of hydrogen-bond acceptors (Lipinski definition) is 2. The van der Waals surface area contributed by atoms with Crippen LogP contribution in [-0.2, 0) is 0 Å². The number of hydrogen-bond donors (Lipinski definition) is 2. The Kier molecular flexibility index (Phi) is 5.54. The topological polar surface area (TPSA) is 38.0 Å². The van der Waals surface area contributed by atoms with Gasteiger partial charge in [0.2, 0.25) is 0 Å². The molecule has 1 rings (SSSR count). The lowest BCUT2D eigenvalue weighted by Gasteiger charge is -2.17. The maximum Gasteiger partial charge on any atom is 0.0471 e. The van der Waals surface area contributed by atoms with Crippen LogP contribution in [-0.4, -0.2) is 0 Å². The summed E-state index contributed by atoms with van der Waals surface area (Å²) in [5, 5.41) is 0. The molecule has 0 spiro atoms. The molecule has 0 aliphatic rings. The molecule has 2 nitrogen and oxygen atoms in total. The Morgan fingerprint density at radius 3 is 2.88 bits per heavy atom. The van der Waals surface area contributed by atoms with E-state index >= 15 is 0 Å². The monoisotopic (exact) mass is 280 g/mol. The second-order valence-corrected chi connectivity index (χ2v) is 4.69. The van der Waals surface area contributed by atoms with Gasteiger partial charge in [-0.2, -0.15) is 0 Å². The predicted octanol–water partition coefficient (Wildman–Crippen LogP) is 3.07. The zero-order valence-electron chi connectivity index (χ0n) is 9.46. The summed E-state index contributed by atoms with van der Waals surface area (Å²) in [5.74, 6) is 8.21. The van der Waals surface area contributed by atoms with Gasteiger partial charge in [0.05, 0.1) is 0 Å². The van der Waals surface area contributed by atoms with E-state index < -0.39 is 0 Å². The predicted molar refractivity (Wildman–Crippen MR) is 71.6 cm³/mol. The smallest absolute Gasteiger partial charge is 0.0471 e. The van der Waals surface area contributed by atoms with Gasteiger partial charge >= 0.3 is 0 Å². The number of nitrogens with one attached hydrogen (secondary N) is 1. The van der Waals surface area contributed by atoms with E-state index in [0.29, 0.717) is 0 Å². The highest BCUT2D eigenvalue weighted by molar-refractivity contribution is 9.10. The number of benzene rings is 1. The molecule has 3 N–H and O–H groups in total. The van der Waals surface area contributed by atoms with Gasteiger partial charge in [-0.25, -0.2) is 0 Å². The van der Waals surface area contributed by atoms with Crippen molar-refractivity contribution in [3.05, 3.63) is 33.8 Å². The van der Waals surface area contributed by atoms with Crippen molar-refractivity contribution < 1.29 is 0 Å². The molecule has 3 heteroatoms. The number of terminal acetylenes is 1. The van der Waals surface area contributed by atoms with Gasteiger partial charge in [-0.3, -0.25) is 11.3 Å². The van der Waals surface area contributed by atoms with Crippen molar-refractivity contribution in [1.82, 2.24) is 5.43 Å². The molecule has 86 valence electrons. The molecule has 0 saturated carbocycles. The molecule has 1 unspecified atom stereocenters. The minimum atomic E-state index is 0.156. The molecule has 1 atom stereocenters. The molecule has 0 fully saturated rings. The van der Waals surface area contributed by atoms with Crippen molar-refractivity contribution in [1.29, 1.82) is 0 Å². The number of unbranched alkanes of at least 4 members (excludes halogenated alkanes) is 1. The van der Waals surface area contributed by atoms with Crippen molar-refractivity contribution in [2.75, 3.05) is 0 Å². The summed E-state index contributed by atoms with van der Waals surface area (Å²) < 4.78 is 1.09. The van der Waals surface area contributed by atoms with E-state index in [1.165, 1.54) is 11.1 Å². The van der Waals surface area contributed by atoms with Crippen LogP contribution in [0, 0.1) is 19.3 Å². The van der Waals surface area contributed by atoms with Gasteiger partial charge in [-0.05, 0) is 37.0 Å². The van der Waals surface area contributed by atoms with Gasteiger partial charge in [0.15, 0.2) is 0 Å². The Balaban J connectivity index is 2.75. The minimum absolute atomic E-state index is 0.156. The Morgan fingerprint density at radius 1 is 1.56 bits per heavy atom. The van der Waals surface area contributed by atoms with E-state index in [4.69, 9.17) is 12.3 Å². The molecule has 1 aromatic rings. The van der Waals surface area contributed by atoms with Crippen LogP contribution in [0.5, 0.6) is 0 Å². The fourth-order valence-electron chi connectivity index (χ4n) is 1.65. The molecule has 0 bridgehead atoms. The van der Waals surface area contributed by atoms with Crippen LogP contribution < -0.4 is 11.3 Å². The van der Waals surface area contributed by atoms with Crippen molar-refractivity contribution in [3.8, 4) is 12.3 Å². The third kappa shape index (κ3) is 3.64. The molecular weight excluding hydrogens is 264 g/mol. The summed E-state index contributed by atoms with van der Waals surface area (Å²) in [4.78, 5) is 0. The molecule has 0 aromatic heterocycles. The standard InChI is InChI=1S/C13H17BrN2/c1-3-4-5-6-13(16-15)11-8-7-10(2)9-12(11)14/h1,7-9,13,16H,4-6,15H2,2H3. The van der Waals surface area contributed by atoms with E-state index in [1.807, 2.05) is 0 Å². The summed E-state index contributed by atoms with van der Waals surface area (Å²) in [7, 11) is 0. The SMILES string of the molecule is C#CCCCC(NN)c1ccc(C)cc1Br. The third-order valence-corrected chi connectivity index (χ3v) is 3.23. The van der Waals surface area contributed by atoms with Gasteiger partial charge in [0.25, 0.3) is 0 Å². The van der Waals surface area contributed by atoms with Crippen LogP contribution in [0.2, 0.25) is 0 Å². The van der Waals surface area contributed by atoms with Gasteiger partial charge in [0.1, 0.15) is 0 Å². The molecule has 16 heavy (non-hydrogen) atoms. The van der Waals surface area contributed by atoms with E-state index in [9.17, 15) is 0 Å². The summed E-state index contributed by atoms with van der Waals surface area (Å²) in [6.45, 7) is 2.07. The lowest BCUT2D eigenvalue weighted by molar-refractivity contribution is 0.501. The number of nitrogens with two attached hydrogens (primary N) is 1. The summed E-state index contributed by atoms with van der Waals surface area (Å²) in [6.07, 6.45) is 7.95. The van der Waals surface area contributed by atoms with Crippen molar-refractivity contribution >= 4 is 15.9 Å². The highest BCUT2D eigenvalue weighted by Gasteiger charge is 2.12. The van der Waals surface area contributed by atoms with Gasteiger partial charge in [-0.15, -0.1) is 12.3 Å². The molecule has 0 amide bonds. The number of hydrazine groups is 1. The summed E-state index contributed by atoms with van der Waals surface area (Å²) in [5.41, 5.74) is 5.26. The fourth-order valence-corrected chi connectivity index (χ4v) is 2.42. The lowest BCUT2D eigenvalue weighted by atomic mass is 10.0. The first-order valence-corrected chi connectivity index (χ1v) is 6.14. The molecular formula is C13H17BrN2. The second kappa shape index (κ2) is 6.70. The Bertz CT molecular complexity index is 382. The number of rotatable bonds is 5. The van der Waals surface area contributed by atoms with Crippen LogP contribution in [0.25, 0.3) is 0 Å². The molecule has 0 saturated heterocycles. The molecule has 0 aliphatic carbocycles. The van der Waals surface area contributed by atoms with Crippen molar-refractivity contribution in [2.24, 2.45) is 5.84 Å². The third-order valence-electron chi connectivity index (χ3n) is 2.55. The largest absolute Gasteiger partial charge is 0.271 e. The first-order chi connectivity index (χ1) is 7.69. The lowest BCUT2D eigenvalue weighted by Crippen LogP contribution is -2.28. The highest BCUT2D eigenvalue weighted by Crippen LogP contribution is 2.27. The van der Waals surface area contributed by atoms with Crippen molar-refractivity contribution in [2.45, 2.75) is 32.2 Å². The van der Waals surface area contributed by atoms with Crippen molar-refractivity contribution in [3.63, 3.8) is 0 Å². The maximum absolute atomic E-state index is 5.57. The van der Waals surface area contributed by atoms with E-state index in [0.717, 1.165) is 23.7 Å². The summed E-state index contributed by atoms with van der Waals surface area (Å²) >= 11 is 3.56. The van der Waals surface area contributed by atoms with Gasteiger partial charge in [0, 0.05) is 16.9 Å². The number of halogens is 1. The normalized spacial score (nSPS) is 12.1. The minimum Gasteiger partial charge on any atom is -0.271 e. The van der Waals surface area contributed by atoms with Crippen LogP contribution in [0.3, 0.4) is 0 Å². The highest BCUT2D eigenvalue weighted by atomic mass is 79.9. The zero-order valence-corrected chi connectivity index (χ0v) is 11.0. The molecule has 1 aromatic carbocycles. The second-order valence-electron chi connectivity index (χ2n) is 3.84. The van der Waals surface area contributed by atoms with Gasteiger partial charge < -0.3 is 0 Å². The van der Waals surface area contributed by atoms with E-state index in [2.05, 4.69) is 52.4 Å². The van der Waals surface area contributed by atoms with Crippen LogP contribution in [0.1, 0.15) is 36.4 Å². The van der Waals surface area contributed by atoms with Crippen LogP contribution in [0.15, 0.2) is 22.7 Å². The number of aryl methyl sites for hydroxylation is 1. The van der Waals surface area contributed by atoms with E-state index in [1.54, 1.807) is 0 Å². The average molecular weight is 281 g/mol. The van der Waals surface area contributed by atoms with E-state index in [-0.39, 0.29) is 6.04 Å². The summed E-state index contributed by atoms with van der Waals surface area (Å²) in [6, 6.07) is 6.44. The van der Waals surface area contributed by atoms with Crippen LogP contribution >= 0.6 is 15.9 Å². The maximum atomic E-state index is 5.57. The quantitative estimate of drug-likeness (QED) is 0.377. The fraction of sp³-hybridized carbons (Fsp3) is 0.385. The zero-order chi connectivity index (χ0) is 12.0. The van der Waals surface area contributed by atoms with Crippen LogP contribution in [0.4, 0.5) is 0 Å². The Morgan fingerprint density at radius 2 is 2.31 bits per heavy atom. The van der Waals surface area contributed by atoms with Gasteiger partial charge in [-0.1, -0.05) is 28.1 Å². The molecule has 0 radical (unpaired) electrons. The Labute approximate surface area is 106 Å². The Hall–Kier alpha value is -0.820.